The van der Waals surface area contributed by atoms with Crippen molar-refractivity contribution in [3.63, 3.8) is 0 Å². The van der Waals surface area contributed by atoms with Crippen LogP contribution in [0.4, 0.5) is 5.82 Å². The van der Waals surface area contributed by atoms with E-state index >= 15 is 0 Å². The van der Waals surface area contributed by atoms with E-state index in [0.717, 1.165) is 44.2 Å². The number of hydrogen-bond acceptors (Lipinski definition) is 6. The Morgan fingerprint density at radius 3 is 2.58 bits per heavy atom. The van der Waals surface area contributed by atoms with Crippen molar-refractivity contribution in [1.29, 1.82) is 0 Å². The summed E-state index contributed by atoms with van der Waals surface area (Å²) >= 11 is 6.75. The number of amides is 1. The Balaban J connectivity index is 1.90. The van der Waals surface area contributed by atoms with Gasteiger partial charge < -0.3 is 5.32 Å². The first-order chi connectivity index (χ1) is 16.0. The molecule has 2 aromatic heterocycles. The number of pyridine rings is 1. The molecule has 0 spiro atoms. The third kappa shape index (κ3) is 6.23. The topological polar surface area (TPSA) is 66.7 Å². The first kappa shape index (κ1) is 25.4. The fourth-order valence-corrected chi connectivity index (χ4v) is 5.15. The number of hydrogen-bond donors (Lipinski definition) is 1. The highest BCUT2D eigenvalue weighted by atomic mass is 32.2. The Morgan fingerprint density at radius 2 is 1.82 bits per heavy atom. The number of thiocarbonyl (C=S) groups is 1. The number of rotatable bonds is 12. The molecule has 1 amide bonds. The van der Waals surface area contributed by atoms with E-state index in [-0.39, 0.29) is 11.5 Å². The highest BCUT2D eigenvalue weighted by molar-refractivity contribution is 8.26. The van der Waals surface area contributed by atoms with Crippen molar-refractivity contribution in [3.8, 4) is 0 Å². The highest BCUT2D eigenvalue weighted by Gasteiger charge is 2.32. The zero-order chi connectivity index (χ0) is 23.8. The molecule has 0 bridgehead atoms. The zero-order valence-corrected chi connectivity index (χ0v) is 21.5. The average Bonchev–Trinajstić information content (AvgIpc) is 3.06. The largest absolute Gasteiger partial charge is 0.369 e. The van der Waals surface area contributed by atoms with Gasteiger partial charge in [0, 0.05) is 19.3 Å². The maximum atomic E-state index is 13.4. The number of carbonyl (C=O) groups is 1. The minimum atomic E-state index is -0.188. The third-order valence-corrected chi connectivity index (χ3v) is 7.17. The summed E-state index contributed by atoms with van der Waals surface area (Å²) in [4.78, 5) is 33.4. The van der Waals surface area contributed by atoms with Gasteiger partial charge in [-0.15, -0.1) is 0 Å². The lowest BCUT2D eigenvalue weighted by Crippen LogP contribution is -2.29. The second-order valence-electron chi connectivity index (χ2n) is 8.45. The molecule has 1 aliphatic heterocycles. The molecule has 0 atom stereocenters. The van der Waals surface area contributed by atoms with E-state index in [2.05, 4.69) is 19.2 Å². The standard InChI is InChI=1S/C25H34N4O2S2/c1-4-6-8-9-11-15-29-24(31)20(33-25(29)32)17-19-21(26-14-10-7-5-2)27-22-18(3)13-12-16-28(22)23(19)30/h12-13,16-17,26H,4-11,14-15H2,1-3H3/b20-17+. The zero-order valence-electron chi connectivity index (χ0n) is 19.9. The van der Waals surface area contributed by atoms with Gasteiger partial charge in [-0.25, -0.2) is 4.98 Å². The van der Waals surface area contributed by atoms with Crippen molar-refractivity contribution in [2.45, 2.75) is 72.1 Å². The van der Waals surface area contributed by atoms with Crippen molar-refractivity contribution < 1.29 is 4.79 Å². The molecule has 2 aromatic rings. The fraction of sp³-hybridized carbons (Fsp3) is 0.520. The molecule has 33 heavy (non-hydrogen) atoms. The predicted octanol–water partition coefficient (Wildman–Crippen LogP) is 5.78. The summed E-state index contributed by atoms with van der Waals surface area (Å²) in [7, 11) is 0. The smallest absolute Gasteiger partial charge is 0.267 e. The first-order valence-electron chi connectivity index (χ1n) is 12.0. The Bertz CT molecular complexity index is 1090. The van der Waals surface area contributed by atoms with Gasteiger partial charge in [-0.05, 0) is 37.5 Å². The summed E-state index contributed by atoms with van der Waals surface area (Å²) in [5.41, 5.74) is 1.76. The average molecular weight is 487 g/mol. The normalized spacial score (nSPS) is 15.2. The fourth-order valence-electron chi connectivity index (χ4n) is 3.86. The van der Waals surface area contributed by atoms with Crippen molar-refractivity contribution in [2.24, 2.45) is 0 Å². The van der Waals surface area contributed by atoms with Gasteiger partial charge >= 0.3 is 0 Å². The molecule has 1 N–H and O–H groups in total. The number of unbranched alkanes of at least 4 members (excludes halogenated alkanes) is 6. The molecule has 3 heterocycles. The van der Waals surface area contributed by atoms with Gasteiger partial charge in [0.25, 0.3) is 11.5 Å². The Hall–Kier alpha value is -2.19. The quantitative estimate of drug-likeness (QED) is 0.233. The van der Waals surface area contributed by atoms with Crippen LogP contribution in [-0.4, -0.2) is 37.6 Å². The highest BCUT2D eigenvalue weighted by Crippen LogP contribution is 2.33. The van der Waals surface area contributed by atoms with E-state index < -0.39 is 0 Å². The molecule has 0 aromatic carbocycles. The second kappa shape index (κ2) is 12.3. The third-order valence-electron chi connectivity index (χ3n) is 5.79. The van der Waals surface area contributed by atoms with Crippen LogP contribution in [0.3, 0.4) is 0 Å². The lowest BCUT2D eigenvalue weighted by Gasteiger charge is -2.14. The SMILES string of the molecule is CCCCCCCN1C(=O)/C(=C\c2c(NCCCCC)nc3c(C)cccn3c2=O)SC1=S. The molecule has 0 radical (unpaired) electrons. The van der Waals surface area contributed by atoms with Gasteiger partial charge in [0.2, 0.25) is 0 Å². The molecule has 1 saturated heterocycles. The van der Waals surface area contributed by atoms with Crippen molar-refractivity contribution in [1.82, 2.24) is 14.3 Å². The number of nitrogens with one attached hydrogen (secondary N) is 1. The van der Waals surface area contributed by atoms with Gasteiger partial charge in [0.1, 0.15) is 15.8 Å². The van der Waals surface area contributed by atoms with Crippen LogP contribution in [0.5, 0.6) is 0 Å². The molecule has 1 aliphatic rings. The van der Waals surface area contributed by atoms with E-state index in [1.165, 1.54) is 31.0 Å². The van der Waals surface area contributed by atoms with Gasteiger partial charge in [-0.2, -0.15) is 0 Å². The summed E-state index contributed by atoms with van der Waals surface area (Å²) in [5, 5.41) is 3.34. The molecule has 1 fully saturated rings. The lowest BCUT2D eigenvalue weighted by atomic mass is 10.1. The van der Waals surface area contributed by atoms with Crippen molar-refractivity contribution in [2.75, 3.05) is 18.4 Å². The van der Waals surface area contributed by atoms with Gasteiger partial charge in [0.05, 0.1) is 10.5 Å². The monoisotopic (exact) mass is 486 g/mol. The number of aromatic nitrogens is 2. The number of aryl methyl sites for hydroxylation is 1. The van der Waals surface area contributed by atoms with E-state index in [1.54, 1.807) is 21.6 Å². The molecule has 6 nitrogen and oxygen atoms in total. The van der Waals surface area contributed by atoms with E-state index in [1.807, 2.05) is 19.1 Å². The molecule has 178 valence electrons. The van der Waals surface area contributed by atoms with Crippen LogP contribution in [0.25, 0.3) is 11.7 Å². The second-order valence-corrected chi connectivity index (χ2v) is 10.1. The van der Waals surface area contributed by atoms with Crippen LogP contribution in [0, 0.1) is 6.92 Å². The van der Waals surface area contributed by atoms with Crippen LogP contribution >= 0.6 is 24.0 Å². The van der Waals surface area contributed by atoms with Crippen LogP contribution < -0.4 is 10.9 Å². The van der Waals surface area contributed by atoms with Gasteiger partial charge in [-0.1, -0.05) is 82.4 Å². The van der Waals surface area contributed by atoms with E-state index in [9.17, 15) is 9.59 Å². The Morgan fingerprint density at radius 1 is 1.09 bits per heavy atom. The Kier molecular flexibility index (Phi) is 9.50. The first-order valence-corrected chi connectivity index (χ1v) is 13.2. The number of nitrogens with zero attached hydrogens (tertiary/aromatic N) is 3. The van der Waals surface area contributed by atoms with Crippen LogP contribution in [0.15, 0.2) is 28.0 Å². The van der Waals surface area contributed by atoms with E-state index in [0.29, 0.717) is 32.8 Å². The Labute approximate surface area is 205 Å². The van der Waals surface area contributed by atoms with Gasteiger partial charge in [-0.3, -0.25) is 18.9 Å². The summed E-state index contributed by atoms with van der Waals surface area (Å²) in [6.45, 7) is 7.63. The van der Waals surface area contributed by atoms with Crippen LogP contribution in [0.2, 0.25) is 0 Å². The van der Waals surface area contributed by atoms with Crippen molar-refractivity contribution >= 4 is 51.7 Å². The number of anilines is 1. The minimum Gasteiger partial charge on any atom is -0.369 e. The van der Waals surface area contributed by atoms with E-state index in [4.69, 9.17) is 17.2 Å². The molecule has 8 heteroatoms. The number of carbonyl (C=O) groups excluding carboxylic acids is 1. The number of thioether (sulfide) groups is 1. The minimum absolute atomic E-state index is 0.119. The maximum absolute atomic E-state index is 13.4. The lowest BCUT2D eigenvalue weighted by molar-refractivity contribution is -0.122. The molecular formula is C25H34N4O2S2. The predicted molar refractivity (Wildman–Crippen MR) is 143 cm³/mol. The maximum Gasteiger partial charge on any atom is 0.267 e. The molecule has 0 aliphatic carbocycles. The molecule has 3 rings (SSSR count). The van der Waals surface area contributed by atoms with Gasteiger partial charge in [0.15, 0.2) is 0 Å². The molecule has 0 unspecified atom stereocenters. The summed E-state index contributed by atoms with van der Waals surface area (Å²) < 4.78 is 2.11. The van der Waals surface area contributed by atoms with Crippen LogP contribution in [0.1, 0.15) is 76.3 Å². The summed E-state index contributed by atoms with van der Waals surface area (Å²) in [6, 6.07) is 3.77. The molecule has 0 saturated carbocycles. The summed E-state index contributed by atoms with van der Waals surface area (Å²) in [5.74, 6) is 0.404. The summed E-state index contributed by atoms with van der Waals surface area (Å²) in [6.07, 6.45) is 12.2. The number of fused-ring (bicyclic) bond motifs is 1. The van der Waals surface area contributed by atoms with Crippen molar-refractivity contribution in [3.05, 3.63) is 44.7 Å². The van der Waals surface area contributed by atoms with Crippen LogP contribution in [-0.2, 0) is 4.79 Å². The molecular weight excluding hydrogens is 452 g/mol.